The number of carbonyl (C=O) groups excluding carboxylic acids is 1. The van der Waals surface area contributed by atoms with Gasteiger partial charge in [-0.05, 0) is 29.7 Å². The van der Waals surface area contributed by atoms with Crippen LogP contribution in [-0.4, -0.2) is 17.4 Å². The molecular weight excluding hydrogens is 425 g/mol. The second-order valence-corrected chi connectivity index (χ2v) is 9.26. The highest BCUT2D eigenvalue weighted by Gasteiger charge is 2.34. The molecule has 0 aliphatic carbocycles. The Morgan fingerprint density at radius 1 is 1.03 bits per heavy atom. The Morgan fingerprint density at radius 2 is 1.79 bits per heavy atom. The minimum absolute atomic E-state index is 0.0613. The first kappa shape index (κ1) is 18.9. The van der Waals surface area contributed by atoms with Crippen LogP contribution in [-0.2, 0) is 19.5 Å². The van der Waals surface area contributed by atoms with Crippen molar-refractivity contribution in [2.24, 2.45) is 0 Å². The summed E-state index contributed by atoms with van der Waals surface area (Å²) in [4.78, 5) is 16.6. The number of nitrogens with one attached hydrogen (secondary N) is 2. The summed E-state index contributed by atoms with van der Waals surface area (Å²) in [6.07, 6.45) is 0.442. The quantitative estimate of drug-likeness (QED) is 0.563. The predicted molar refractivity (Wildman–Crippen MR) is 119 cm³/mol. The van der Waals surface area contributed by atoms with E-state index in [0.717, 1.165) is 36.6 Å². The highest BCUT2D eigenvalue weighted by atomic mass is 35.5. The molecule has 4 nitrogen and oxygen atoms in total. The van der Waals surface area contributed by atoms with Gasteiger partial charge < -0.3 is 10.6 Å². The summed E-state index contributed by atoms with van der Waals surface area (Å²) >= 11 is 14.4. The van der Waals surface area contributed by atoms with Crippen LogP contribution < -0.4 is 10.6 Å². The first-order valence-electron chi connectivity index (χ1n) is 9.52. The largest absolute Gasteiger partial charge is 0.353 e. The number of thiophene rings is 1. The van der Waals surface area contributed by atoms with Gasteiger partial charge in [0.05, 0.1) is 5.56 Å². The number of nitrogens with zero attached hydrogens (tertiary/aromatic N) is 1. The lowest BCUT2D eigenvalue weighted by Gasteiger charge is -2.29. The van der Waals surface area contributed by atoms with Crippen LogP contribution >= 0.6 is 34.5 Å². The molecule has 7 heteroatoms. The predicted octanol–water partition coefficient (Wildman–Crippen LogP) is 5.47. The molecule has 0 radical (unpaired) electrons. The van der Waals surface area contributed by atoms with Gasteiger partial charge >= 0.3 is 0 Å². The Hall–Kier alpha value is -2.05. The van der Waals surface area contributed by atoms with Crippen molar-refractivity contribution in [2.45, 2.75) is 25.7 Å². The van der Waals surface area contributed by atoms with Gasteiger partial charge in [-0.3, -0.25) is 9.69 Å². The molecule has 3 aromatic rings. The number of hydrogen-bond acceptors (Lipinski definition) is 4. The highest BCUT2D eigenvalue weighted by Crippen LogP contribution is 2.42. The average molecular weight is 444 g/mol. The van der Waals surface area contributed by atoms with Crippen molar-refractivity contribution in [2.75, 3.05) is 11.9 Å². The molecule has 2 aliphatic rings. The Labute approximate surface area is 183 Å². The SMILES string of the molecule is O=C1NC(c2c(Cl)cccc2Cl)Nc2sc3c(c21)CCN(Cc1ccccc1)C3. The zero-order valence-electron chi connectivity index (χ0n) is 15.5. The van der Waals surface area contributed by atoms with E-state index < -0.39 is 6.17 Å². The van der Waals surface area contributed by atoms with Crippen molar-refractivity contribution < 1.29 is 4.79 Å². The minimum atomic E-state index is -0.434. The topological polar surface area (TPSA) is 44.4 Å². The Bertz CT molecular complexity index is 1060. The monoisotopic (exact) mass is 443 g/mol. The number of anilines is 1. The standard InChI is InChI=1S/C22H19Cl2N3OS/c23-15-7-4-8-16(24)19(15)20-25-21(28)18-14-9-10-27(11-13-5-2-1-3-6-13)12-17(14)29-22(18)26-20/h1-8,20,26H,9-12H2,(H,25,28). The van der Waals surface area contributed by atoms with Crippen LogP contribution in [0.25, 0.3) is 0 Å². The number of fused-ring (bicyclic) bond motifs is 3. The van der Waals surface area contributed by atoms with Gasteiger partial charge in [-0.1, -0.05) is 59.6 Å². The fraction of sp³-hybridized carbons (Fsp3) is 0.227. The lowest BCUT2D eigenvalue weighted by atomic mass is 10.00. The van der Waals surface area contributed by atoms with E-state index >= 15 is 0 Å². The molecule has 2 aliphatic heterocycles. The van der Waals surface area contributed by atoms with Gasteiger partial charge in [0.2, 0.25) is 0 Å². The summed E-state index contributed by atoms with van der Waals surface area (Å²) in [5.41, 5.74) is 3.96. The van der Waals surface area contributed by atoms with E-state index in [0.29, 0.717) is 15.6 Å². The van der Waals surface area contributed by atoms with Crippen LogP contribution in [0.1, 0.15) is 38.1 Å². The molecule has 0 bridgehead atoms. The van der Waals surface area contributed by atoms with Crippen molar-refractivity contribution in [3.05, 3.63) is 85.7 Å². The highest BCUT2D eigenvalue weighted by molar-refractivity contribution is 7.16. The van der Waals surface area contributed by atoms with Crippen molar-refractivity contribution in [1.82, 2.24) is 10.2 Å². The van der Waals surface area contributed by atoms with Gasteiger partial charge in [0, 0.05) is 40.1 Å². The van der Waals surface area contributed by atoms with Gasteiger partial charge in [0.15, 0.2) is 0 Å². The molecular formula is C22H19Cl2N3OS. The molecule has 0 spiro atoms. The molecule has 1 unspecified atom stereocenters. The van der Waals surface area contributed by atoms with E-state index in [4.69, 9.17) is 23.2 Å². The van der Waals surface area contributed by atoms with Crippen LogP contribution in [0.5, 0.6) is 0 Å². The lowest BCUT2D eigenvalue weighted by Crippen LogP contribution is -2.39. The van der Waals surface area contributed by atoms with Crippen molar-refractivity contribution in [3.8, 4) is 0 Å². The second kappa shape index (κ2) is 7.65. The third-order valence-corrected chi connectivity index (χ3v) is 7.26. The van der Waals surface area contributed by atoms with Crippen LogP contribution in [0.4, 0.5) is 5.00 Å². The number of amides is 1. The van der Waals surface area contributed by atoms with Gasteiger partial charge in [-0.25, -0.2) is 0 Å². The van der Waals surface area contributed by atoms with Crippen LogP contribution in [0.15, 0.2) is 48.5 Å². The van der Waals surface area contributed by atoms with Crippen LogP contribution in [0.3, 0.4) is 0 Å². The van der Waals surface area contributed by atoms with E-state index in [9.17, 15) is 4.79 Å². The fourth-order valence-electron chi connectivity index (χ4n) is 4.08. The number of rotatable bonds is 3. The van der Waals surface area contributed by atoms with Gasteiger partial charge in [0.1, 0.15) is 11.2 Å². The molecule has 0 saturated heterocycles. The average Bonchev–Trinajstić information content (AvgIpc) is 3.07. The van der Waals surface area contributed by atoms with Gasteiger partial charge in [-0.2, -0.15) is 0 Å². The number of carbonyl (C=O) groups is 1. The lowest BCUT2D eigenvalue weighted by molar-refractivity contribution is 0.0934. The van der Waals surface area contributed by atoms with E-state index in [-0.39, 0.29) is 5.91 Å². The maximum Gasteiger partial charge on any atom is 0.256 e. The third kappa shape index (κ3) is 3.53. The molecule has 3 heterocycles. The Morgan fingerprint density at radius 3 is 2.55 bits per heavy atom. The first-order valence-corrected chi connectivity index (χ1v) is 11.1. The van der Waals surface area contributed by atoms with E-state index in [1.165, 1.54) is 16.0 Å². The number of benzene rings is 2. The van der Waals surface area contributed by atoms with Crippen LogP contribution in [0, 0.1) is 0 Å². The molecule has 1 amide bonds. The first-order chi connectivity index (χ1) is 14.1. The van der Waals surface area contributed by atoms with Gasteiger partial charge in [0.25, 0.3) is 5.91 Å². The minimum Gasteiger partial charge on any atom is -0.353 e. The molecule has 5 rings (SSSR count). The van der Waals surface area contributed by atoms with Crippen molar-refractivity contribution in [1.29, 1.82) is 0 Å². The molecule has 2 N–H and O–H groups in total. The van der Waals surface area contributed by atoms with Crippen LogP contribution in [0.2, 0.25) is 10.0 Å². The molecule has 148 valence electrons. The zero-order chi connectivity index (χ0) is 20.0. The summed E-state index contributed by atoms with van der Waals surface area (Å²) in [5, 5.41) is 8.45. The molecule has 29 heavy (non-hydrogen) atoms. The second-order valence-electron chi connectivity index (χ2n) is 7.34. The molecule has 0 saturated carbocycles. The summed E-state index contributed by atoms with van der Waals surface area (Å²) in [7, 11) is 0. The maximum absolute atomic E-state index is 13.0. The van der Waals surface area contributed by atoms with Crippen molar-refractivity contribution in [3.63, 3.8) is 0 Å². The van der Waals surface area contributed by atoms with E-state index in [2.05, 4.69) is 39.8 Å². The maximum atomic E-state index is 13.0. The Balaban J connectivity index is 1.41. The third-order valence-electron chi connectivity index (χ3n) is 5.45. The fourth-order valence-corrected chi connectivity index (χ4v) is 6.01. The smallest absolute Gasteiger partial charge is 0.256 e. The van der Waals surface area contributed by atoms with Crippen molar-refractivity contribution >= 4 is 45.4 Å². The Kier molecular flexibility index (Phi) is 5.00. The summed E-state index contributed by atoms with van der Waals surface area (Å²) < 4.78 is 0. The zero-order valence-corrected chi connectivity index (χ0v) is 17.9. The summed E-state index contributed by atoms with van der Waals surface area (Å²) in [6, 6.07) is 15.9. The molecule has 0 fully saturated rings. The van der Waals surface area contributed by atoms with E-state index in [1.807, 2.05) is 6.07 Å². The molecule has 1 aromatic heterocycles. The summed E-state index contributed by atoms with van der Waals surface area (Å²) in [6.45, 7) is 2.72. The number of halogens is 2. The number of hydrogen-bond donors (Lipinski definition) is 2. The van der Waals surface area contributed by atoms with E-state index in [1.54, 1.807) is 29.5 Å². The normalized spacial score (nSPS) is 18.6. The van der Waals surface area contributed by atoms with Gasteiger partial charge in [-0.15, -0.1) is 11.3 Å². The summed E-state index contributed by atoms with van der Waals surface area (Å²) in [5.74, 6) is -0.0613. The molecule has 1 atom stereocenters. The molecule has 2 aromatic carbocycles.